The monoisotopic (exact) mass is 778 g/mol. The molecule has 0 spiro atoms. The van der Waals surface area contributed by atoms with E-state index in [0.29, 0.717) is 32.0 Å². The highest BCUT2D eigenvalue weighted by molar-refractivity contribution is 5.76. The molecular weight excluding hydrogens is 687 g/mol. The van der Waals surface area contributed by atoms with Crippen LogP contribution in [-0.4, -0.2) is 61.3 Å². The Morgan fingerprint density at radius 1 is 0.509 bits per heavy atom. The summed E-state index contributed by atoms with van der Waals surface area (Å²) >= 11 is 0. The lowest BCUT2D eigenvalue weighted by molar-refractivity contribution is -0.150. The lowest BCUT2D eigenvalue weighted by Gasteiger charge is -2.22. The highest BCUT2D eigenvalue weighted by Crippen LogP contribution is 2.25. The lowest BCUT2D eigenvalue weighted by Crippen LogP contribution is -2.38. The minimum Gasteiger partial charge on any atom is -0.466 e. The predicted molar refractivity (Wildman–Crippen MR) is 230 cm³/mol. The molecule has 0 aliphatic carbocycles. The van der Waals surface area contributed by atoms with Gasteiger partial charge in [0.25, 0.3) is 0 Å². The third-order valence-corrected chi connectivity index (χ3v) is 11.5. The van der Waals surface area contributed by atoms with E-state index in [1.165, 1.54) is 122 Å². The summed E-state index contributed by atoms with van der Waals surface area (Å²) in [6, 6.07) is -0.145. The number of likely N-dealkylation sites (tertiary alicyclic amines) is 1. The van der Waals surface area contributed by atoms with Crippen molar-refractivity contribution in [3.63, 3.8) is 0 Å². The van der Waals surface area contributed by atoms with Gasteiger partial charge in [-0.05, 0) is 76.7 Å². The number of hydrogen-bond acceptors (Lipinski definition) is 7. The average Bonchev–Trinajstić information content (AvgIpc) is 3.55. The van der Waals surface area contributed by atoms with E-state index in [4.69, 9.17) is 14.2 Å². The first-order chi connectivity index (χ1) is 26.9. The Kier molecular flexibility index (Phi) is 35.4. The van der Waals surface area contributed by atoms with Gasteiger partial charge in [-0.3, -0.25) is 19.3 Å². The fourth-order valence-electron chi connectivity index (χ4n) is 8.04. The summed E-state index contributed by atoms with van der Waals surface area (Å²) in [5, 5.41) is 0. The molecule has 55 heavy (non-hydrogen) atoms. The highest BCUT2D eigenvalue weighted by atomic mass is 16.5. The number of nitrogens with zero attached hydrogens (tertiary/aromatic N) is 1. The van der Waals surface area contributed by atoms with Crippen molar-refractivity contribution in [1.29, 1.82) is 0 Å². The molecule has 1 aliphatic rings. The number of unbranched alkanes of at least 4 members (excludes halogenated alkanes) is 24. The number of hydrogen-bond donors (Lipinski definition) is 0. The summed E-state index contributed by atoms with van der Waals surface area (Å²) in [5.74, 6) is 0.318. The summed E-state index contributed by atoms with van der Waals surface area (Å²) in [6.07, 6.45) is 38.2. The van der Waals surface area contributed by atoms with Crippen LogP contribution in [-0.2, 0) is 28.6 Å². The number of esters is 3. The maximum Gasteiger partial charge on any atom is 0.323 e. The molecule has 1 saturated heterocycles. The summed E-state index contributed by atoms with van der Waals surface area (Å²) in [5.41, 5.74) is 0. The largest absolute Gasteiger partial charge is 0.466 e. The molecular formula is C48H91NO6. The van der Waals surface area contributed by atoms with Gasteiger partial charge < -0.3 is 14.2 Å². The van der Waals surface area contributed by atoms with Crippen LogP contribution < -0.4 is 0 Å². The molecule has 0 aromatic heterocycles. The highest BCUT2D eigenvalue weighted by Gasteiger charge is 2.35. The molecule has 0 radical (unpaired) electrons. The van der Waals surface area contributed by atoms with Crippen LogP contribution >= 0.6 is 0 Å². The van der Waals surface area contributed by atoms with Gasteiger partial charge in [0.05, 0.1) is 13.2 Å². The second-order valence-corrected chi connectivity index (χ2v) is 17.1. The molecule has 0 saturated carbocycles. The number of carbonyl (C=O) groups excluding carboxylic acids is 3. The van der Waals surface area contributed by atoms with Gasteiger partial charge in [0, 0.05) is 19.4 Å². The third-order valence-electron chi connectivity index (χ3n) is 11.5. The van der Waals surface area contributed by atoms with Crippen molar-refractivity contribution < 1.29 is 28.6 Å². The molecule has 1 heterocycles. The normalized spacial score (nSPS) is 15.9. The zero-order valence-electron chi connectivity index (χ0n) is 37.0. The molecule has 0 aromatic carbocycles. The Hall–Kier alpha value is -1.63. The van der Waals surface area contributed by atoms with E-state index >= 15 is 0 Å². The summed E-state index contributed by atoms with van der Waals surface area (Å²) < 4.78 is 17.2. The van der Waals surface area contributed by atoms with Crippen LogP contribution in [0.1, 0.15) is 246 Å². The van der Waals surface area contributed by atoms with Gasteiger partial charge >= 0.3 is 17.9 Å². The van der Waals surface area contributed by atoms with E-state index < -0.39 is 0 Å². The second-order valence-electron chi connectivity index (χ2n) is 17.1. The number of rotatable bonds is 40. The smallest absolute Gasteiger partial charge is 0.323 e. The molecule has 7 heteroatoms. The van der Waals surface area contributed by atoms with Gasteiger partial charge in [-0.25, -0.2) is 0 Å². The molecule has 0 N–H and O–H groups in total. The molecule has 1 unspecified atom stereocenters. The zero-order chi connectivity index (χ0) is 40.0. The third kappa shape index (κ3) is 31.1. The Morgan fingerprint density at radius 3 is 1.45 bits per heavy atom. The fourth-order valence-corrected chi connectivity index (χ4v) is 8.04. The Labute approximate surface area is 340 Å². The predicted octanol–water partition coefficient (Wildman–Crippen LogP) is 13.6. The van der Waals surface area contributed by atoms with Gasteiger partial charge in [0.15, 0.2) is 0 Å². The first-order valence-corrected chi connectivity index (χ1v) is 24.2. The van der Waals surface area contributed by atoms with Crippen LogP contribution in [0.2, 0.25) is 0 Å². The van der Waals surface area contributed by atoms with Crippen molar-refractivity contribution in [2.75, 3.05) is 26.3 Å². The number of ether oxygens (including phenoxy) is 3. The first-order valence-electron chi connectivity index (χ1n) is 24.2. The molecule has 7 nitrogen and oxygen atoms in total. The molecule has 0 amide bonds. The number of carbonyl (C=O) groups is 3. The van der Waals surface area contributed by atoms with Crippen LogP contribution in [0.4, 0.5) is 0 Å². The van der Waals surface area contributed by atoms with Crippen molar-refractivity contribution in [1.82, 2.24) is 4.90 Å². The van der Waals surface area contributed by atoms with E-state index in [0.717, 1.165) is 96.6 Å². The fraction of sp³-hybridized carbons (Fsp3) is 0.938. The Balaban J connectivity index is 2.13. The minimum absolute atomic E-state index is 0.0201. The quantitative estimate of drug-likeness (QED) is 0.0348. The second kappa shape index (κ2) is 37.9. The van der Waals surface area contributed by atoms with Crippen molar-refractivity contribution in [3.05, 3.63) is 0 Å². The maximum absolute atomic E-state index is 13.0. The van der Waals surface area contributed by atoms with Crippen molar-refractivity contribution in [2.45, 2.75) is 258 Å². The van der Waals surface area contributed by atoms with Gasteiger partial charge in [0.2, 0.25) is 0 Å². The van der Waals surface area contributed by atoms with Crippen molar-refractivity contribution in [3.8, 4) is 0 Å². The van der Waals surface area contributed by atoms with Crippen LogP contribution in [0.5, 0.6) is 0 Å². The minimum atomic E-state index is -0.145. The SMILES string of the molecule is CCCCCCCCCCCOC(=O)CCCCCN1CC(C)C[C@H]1C(=O)OCCCCCCCC(=O)OC(CCCCCCCC)CCCCCCCC. The van der Waals surface area contributed by atoms with Gasteiger partial charge in [0.1, 0.15) is 12.1 Å². The standard InChI is InChI=1S/C48H91NO6/c1-5-8-11-14-17-18-19-24-32-39-53-46(50)36-30-26-31-38-49-42-43(4)41-45(49)48(52)54-40-33-25-20-23-29-37-47(51)55-44(34-27-21-15-12-9-6-2)35-28-22-16-13-10-7-3/h43-45H,5-42H2,1-4H3/t43?,45-/m0/s1. The average molecular weight is 778 g/mol. The molecule has 2 atom stereocenters. The van der Waals surface area contributed by atoms with Crippen LogP contribution in [0.3, 0.4) is 0 Å². The molecule has 1 aliphatic heterocycles. The van der Waals surface area contributed by atoms with E-state index in [9.17, 15) is 14.4 Å². The van der Waals surface area contributed by atoms with Crippen molar-refractivity contribution in [2.24, 2.45) is 5.92 Å². The van der Waals surface area contributed by atoms with E-state index in [-0.39, 0.29) is 30.1 Å². The topological polar surface area (TPSA) is 82.1 Å². The summed E-state index contributed by atoms with van der Waals surface area (Å²) in [7, 11) is 0. The summed E-state index contributed by atoms with van der Waals surface area (Å²) in [6.45, 7) is 11.8. The van der Waals surface area contributed by atoms with Gasteiger partial charge in [-0.1, -0.05) is 169 Å². The first kappa shape index (κ1) is 51.4. The molecule has 0 bridgehead atoms. The molecule has 1 rings (SSSR count). The zero-order valence-corrected chi connectivity index (χ0v) is 37.0. The molecule has 1 fully saturated rings. The van der Waals surface area contributed by atoms with E-state index in [1.807, 2.05) is 0 Å². The van der Waals surface area contributed by atoms with Crippen LogP contribution in [0.15, 0.2) is 0 Å². The Bertz CT molecular complexity index is 880. The van der Waals surface area contributed by atoms with Crippen LogP contribution in [0, 0.1) is 5.92 Å². The van der Waals surface area contributed by atoms with E-state index in [1.54, 1.807) is 0 Å². The molecule has 0 aromatic rings. The maximum atomic E-state index is 13.0. The summed E-state index contributed by atoms with van der Waals surface area (Å²) in [4.78, 5) is 40.1. The van der Waals surface area contributed by atoms with Gasteiger partial charge in [-0.15, -0.1) is 0 Å². The Morgan fingerprint density at radius 2 is 0.927 bits per heavy atom. The van der Waals surface area contributed by atoms with E-state index in [2.05, 4.69) is 32.6 Å². The molecule has 324 valence electrons. The van der Waals surface area contributed by atoms with Crippen LogP contribution in [0.25, 0.3) is 0 Å². The van der Waals surface area contributed by atoms with Crippen molar-refractivity contribution >= 4 is 17.9 Å². The van der Waals surface area contributed by atoms with Gasteiger partial charge in [-0.2, -0.15) is 0 Å². The lowest BCUT2D eigenvalue weighted by atomic mass is 10.0.